The van der Waals surface area contributed by atoms with Crippen LogP contribution < -0.4 is 9.47 Å². The van der Waals surface area contributed by atoms with Crippen LogP contribution >= 0.6 is 0 Å². The van der Waals surface area contributed by atoms with Gasteiger partial charge in [-0.1, -0.05) is 18.2 Å². The first-order chi connectivity index (χ1) is 11.2. The van der Waals surface area contributed by atoms with E-state index in [-0.39, 0.29) is 5.78 Å². The van der Waals surface area contributed by atoms with E-state index < -0.39 is 0 Å². The number of fused-ring (bicyclic) bond motifs is 1. The first kappa shape index (κ1) is 14.9. The third-order valence-corrected chi connectivity index (χ3v) is 3.70. The molecule has 1 aromatic heterocycles. The Morgan fingerprint density at radius 1 is 1.04 bits per heavy atom. The van der Waals surface area contributed by atoms with Crippen molar-refractivity contribution in [2.24, 2.45) is 0 Å². The zero-order chi connectivity index (χ0) is 16.2. The molecule has 0 unspecified atom stereocenters. The first-order valence-electron chi connectivity index (χ1n) is 7.23. The summed E-state index contributed by atoms with van der Waals surface area (Å²) in [5.74, 6) is 1.06. The average Bonchev–Trinajstić information content (AvgIpc) is 3.02. The predicted molar refractivity (Wildman–Crippen MR) is 91.2 cm³/mol. The zero-order valence-electron chi connectivity index (χ0n) is 13.0. The van der Waals surface area contributed by atoms with E-state index in [1.54, 1.807) is 38.5 Å². The third kappa shape index (κ3) is 2.97. The topological polar surface area (TPSA) is 51.3 Å². The number of carbonyl (C=O) groups excluding carboxylic acids is 1. The lowest BCUT2D eigenvalue weighted by Gasteiger charge is -2.07. The van der Waals surface area contributed by atoms with E-state index in [9.17, 15) is 4.79 Å². The molecule has 0 bridgehead atoms. The quantitative estimate of drug-likeness (QED) is 0.571. The van der Waals surface area contributed by atoms with E-state index >= 15 is 0 Å². The summed E-state index contributed by atoms with van der Waals surface area (Å²) in [5, 5.41) is 1.09. The fourth-order valence-electron chi connectivity index (χ4n) is 2.48. The van der Waals surface area contributed by atoms with Crippen LogP contribution in [-0.2, 0) is 0 Å². The monoisotopic (exact) mass is 307 g/mol. The summed E-state index contributed by atoms with van der Waals surface area (Å²) in [6.45, 7) is 0. The van der Waals surface area contributed by atoms with Crippen LogP contribution in [0.15, 0.2) is 54.7 Å². The molecule has 0 aliphatic carbocycles. The van der Waals surface area contributed by atoms with E-state index in [1.165, 1.54) is 0 Å². The summed E-state index contributed by atoms with van der Waals surface area (Å²) in [6.07, 6.45) is 5.28. The molecule has 3 rings (SSSR count). The lowest BCUT2D eigenvalue weighted by atomic mass is 10.1. The smallest absolute Gasteiger partial charge is 0.185 e. The molecule has 1 N–H and O–H groups in total. The van der Waals surface area contributed by atoms with Gasteiger partial charge in [-0.3, -0.25) is 4.79 Å². The van der Waals surface area contributed by atoms with Crippen LogP contribution in [0.3, 0.4) is 0 Å². The fourth-order valence-corrected chi connectivity index (χ4v) is 2.48. The highest BCUT2D eigenvalue weighted by Gasteiger charge is 2.09. The molecule has 0 fully saturated rings. The number of allylic oxidation sites excluding steroid dienone is 1. The number of hydrogen-bond donors (Lipinski definition) is 1. The van der Waals surface area contributed by atoms with Gasteiger partial charge < -0.3 is 14.5 Å². The minimum Gasteiger partial charge on any atom is -0.493 e. The number of methoxy groups -OCH3 is 2. The molecule has 116 valence electrons. The molecule has 0 spiro atoms. The zero-order valence-corrected chi connectivity index (χ0v) is 13.0. The van der Waals surface area contributed by atoms with E-state index in [1.807, 2.05) is 36.5 Å². The maximum absolute atomic E-state index is 12.4. The summed E-state index contributed by atoms with van der Waals surface area (Å²) in [5.41, 5.74) is 2.58. The molecule has 0 aliphatic heterocycles. The highest BCUT2D eigenvalue weighted by Crippen LogP contribution is 2.28. The van der Waals surface area contributed by atoms with Crippen LogP contribution in [0.1, 0.15) is 15.9 Å². The minimum absolute atomic E-state index is 0.0868. The number of ketones is 1. The lowest BCUT2D eigenvalue weighted by molar-refractivity contribution is 0.104. The molecule has 4 nitrogen and oxygen atoms in total. The molecule has 3 aromatic rings. The van der Waals surface area contributed by atoms with Gasteiger partial charge in [0.2, 0.25) is 0 Å². The number of H-pyrrole nitrogens is 1. The van der Waals surface area contributed by atoms with Crippen molar-refractivity contribution in [1.29, 1.82) is 0 Å². The van der Waals surface area contributed by atoms with E-state index in [4.69, 9.17) is 9.47 Å². The van der Waals surface area contributed by atoms with Gasteiger partial charge in [0.1, 0.15) is 0 Å². The van der Waals surface area contributed by atoms with Crippen LogP contribution in [0.2, 0.25) is 0 Å². The number of ether oxygens (including phenoxy) is 2. The summed E-state index contributed by atoms with van der Waals surface area (Å²) in [4.78, 5) is 15.5. The SMILES string of the molecule is COc1ccc(C(=O)/C=C/c2c[nH]c3ccccc23)cc1OC. The number of nitrogens with one attached hydrogen (secondary N) is 1. The lowest BCUT2D eigenvalue weighted by Crippen LogP contribution is -1.97. The van der Waals surface area contributed by atoms with E-state index in [0.717, 1.165) is 16.5 Å². The maximum atomic E-state index is 12.4. The molecule has 4 heteroatoms. The number of carbonyl (C=O) groups is 1. The van der Waals surface area contributed by atoms with Crippen molar-refractivity contribution >= 4 is 22.8 Å². The van der Waals surface area contributed by atoms with Gasteiger partial charge >= 0.3 is 0 Å². The van der Waals surface area contributed by atoms with Crippen molar-refractivity contribution in [3.63, 3.8) is 0 Å². The van der Waals surface area contributed by atoms with Gasteiger partial charge in [-0.25, -0.2) is 0 Å². The number of hydrogen-bond acceptors (Lipinski definition) is 3. The summed E-state index contributed by atoms with van der Waals surface area (Å²) in [6, 6.07) is 13.1. The van der Waals surface area contributed by atoms with Crippen molar-refractivity contribution in [3.8, 4) is 11.5 Å². The molecule has 0 radical (unpaired) electrons. The second-order valence-electron chi connectivity index (χ2n) is 5.06. The Labute approximate surface area is 134 Å². The highest BCUT2D eigenvalue weighted by atomic mass is 16.5. The molecule has 0 saturated carbocycles. The number of rotatable bonds is 5. The normalized spacial score (nSPS) is 11.0. The molecule has 1 heterocycles. The molecular weight excluding hydrogens is 290 g/mol. The van der Waals surface area contributed by atoms with Crippen molar-refractivity contribution in [2.45, 2.75) is 0 Å². The molecule has 23 heavy (non-hydrogen) atoms. The second kappa shape index (κ2) is 6.40. The summed E-state index contributed by atoms with van der Waals surface area (Å²) >= 11 is 0. The minimum atomic E-state index is -0.0868. The van der Waals surface area contributed by atoms with Gasteiger partial charge in [0.15, 0.2) is 17.3 Å². The van der Waals surface area contributed by atoms with Gasteiger partial charge in [-0.15, -0.1) is 0 Å². The van der Waals surface area contributed by atoms with Crippen molar-refractivity contribution in [2.75, 3.05) is 14.2 Å². The molecule has 0 amide bonds. The van der Waals surface area contributed by atoms with E-state index in [0.29, 0.717) is 17.1 Å². The number of para-hydroxylation sites is 1. The van der Waals surface area contributed by atoms with Crippen molar-refractivity contribution in [3.05, 3.63) is 65.9 Å². The van der Waals surface area contributed by atoms with Crippen LogP contribution in [0.4, 0.5) is 0 Å². The maximum Gasteiger partial charge on any atom is 0.185 e. The predicted octanol–water partition coefficient (Wildman–Crippen LogP) is 4.08. The number of aromatic nitrogens is 1. The van der Waals surface area contributed by atoms with Crippen LogP contribution in [0.5, 0.6) is 11.5 Å². The molecule has 0 aliphatic rings. The van der Waals surface area contributed by atoms with Gasteiger partial charge in [-0.2, -0.15) is 0 Å². The highest BCUT2D eigenvalue weighted by molar-refractivity contribution is 6.08. The van der Waals surface area contributed by atoms with Gasteiger partial charge in [-0.05, 0) is 42.0 Å². The third-order valence-electron chi connectivity index (χ3n) is 3.70. The van der Waals surface area contributed by atoms with Crippen LogP contribution in [0, 0.1) is 0 Å². The van der Waals surface area contributed by atoms with Crippen LogP contribution in [-0.4, -0.2) is 25.0 Å². The van der Waals surface area contributed by atoms with Crippen molar-refractivity contribution in [1.82, 2.24) is 4.98 Å². The summed E-state index contributed by atoms with van der Waals surface area (Å²) in [7, 11) is 3.12. The Morgan fingerprint density at radius 3 is 2.61 bits per heavy atom. The van der Waals surface area contributed by atoms with Gasteiger partial charge in [0, 0.05) is 22.7 Å². The Morgan fingerprint density at radius 2 is 1.83 bits per heavy atom. The van der Waals surface area contributed by atoms with Crippen LogP contribution in [0.25, 0.3) is 17.0 Å². The fraction of sp³-hybridized carbons (Fsp3) is 0.105. The Balaban J connectivity index is 1.86. The Hall–Kier alpha value is -3.01. The van der Waals surface area contributed by atoms with E-state index in [2.05, 4.69) is 4.98 Å². The second-order valence-corrected chi connectivity index (χ2v) is 5.06. The molecule has 2 aromatic carbocycles. The van der Waals surface area contributed by atoms with Gasteiger partial charge in [0.25, 0.3) is 0 Å². The molecular formula is C19H17NO3. The van der Waals surface area contributed by atoms with Crippen molar-refractivity contribution < 1.29 is 14.3 Å². The standard InChI is InChI=1S/C19H17NO3/c1-22-18-10-8-13(11-19(18)23-2)17(21)9-7-14-12-20-16-6-4-3-5-15(14)16/h3-12,20H,1-2H3/b9-7+. The number of aromatic amines is 1. The number of benzene rings is 2. The Bertz CT molecular complexity index is 877. The van der Waals surface area contributed by atoms with Gasteiger partial charge in [0.05, 0.1) is 14.2 Å². The summed E-state index contributed by atoms with van der Waals surface area (Å²) < 4.78 is 10.4. The first-order valence-corrected chi connectivity index (χ1v) is 7.23. The molecule has 0 atom stereocenters. The largest absolute Gasteiger partial charge is 0.493 e. The average molecular weight is 307 g/mol. The molecule has 0 saturated heterocycles. The Kier molecular flexibility index (Phi) is 4.15.